The summed E-state index contributed by atoms with van der Waals surface area (Å²) in [6.07, 6.45) is 7.33. The fourth-order valence-electron chi connectivity index (χ4n) is 4.94. The molecular weight excluding hydrogens is 385 g/mol. The maximum absolute atomic E-state index is 13.5. The molecule has 29 heavy (non-hydrogen) atoms. The highest BCUT2D eigenvalue weighted by Gasteiger charge is 2.75. The van der Waals surface area contributed by atoms with E-state index in [1.807, 2.05) is 55.3 Å². The van der Waals surface area contributed by atoms with E-state index in [-0.39, 0.29) is 11.9 Å². The Morgan fingerprint density at radius 2 is 1.90 bits per heavy atom. The van der Waals surface area contributed by atoms with Crippen molar-refractivity contribution in [1.82, 2.24) is 4.90 Å². The molecular formula is C23H27NO4P+. The molecule has 3 heterocycles. The lowest BCUT2D eigenvalue weighted by Crippen LogP contribution is -2.52. The number of rotatable bonds is 4. The lowest BCUT2D eigenvalue weighted by atomic mass is 9.97. The average molecular weight is 412 g/mol. The van der Waals surface area contributed by atoms with Crippen LogP contribution in [0.25, 0.3) is 11.8 Å². The van der Waals surface area contributed by atoms with Crippen LogP contribution in [0, 0.1) is 0 Å². The Balaban J connectivity index is 2.04. The van der Waals surface area contributed by atoms with Gasteiger partial charge in [0.1, 0.15) is 5.70 Å². The summed E-state index contributed by atoms with van der Waals surface area (Å²) in [6, 6.07) is 8.00. The molecule has 0 saturated carbocycles. The predicted octanol–water partition coefficient (Wildman–Crippen LogP) is 4.48. The normalized spacial score (nSPS) is 27.0. The number of nitrogens with zero attached hydrogens (tertiary/aromatic N) is 1. The summed E-state index contributed by atoms with van der Waals surface area (Å²) in [6.45, 7) is 8.44. The highest BCUT2D eigenvalue weighted by molar-refractivity contribution is 7.83. The number of benzene rings is 1. The number of carbonyl (C=O) groups excluding carboxylic acids is 2. The Hall–Kier alpha value is -2.39. The second-order valence-corrected chi connectivity index (χ2v) is 11.7. The van der Waals surface area contributed by atoms with Crippen molar-refractivity contribution < 1.29 is 19.1 Å². The zero-order chi connectivity index (χ0) is 20.8. The van der Waals surface area contributed by atoms with E-state index >= 15 is 0 Å². The van der Waals surface area contributed by atoms with E-state index in [9.17, 15) is 9.59 Å². The van der Waals surface area contributed by atoms with Gasteiger partial charge in [-0.25, -0.2) is 9.59 Å². The molecule has 0 aliphatic carbocycles. The molecule has 152 valence electrons. The molecule has 0 aromatic heterocycles. The van der Waals surface area contributed by atoms with Gasteiger partial charge in [-0.3, -0.25) is 4.90 Å². The van der Waals surface area contributed by atoms with Crippen LogP contribution in [0.3, 0.4) is 0 Å². The Morgan fingerprint density at radius 3 is 2.62 bits per heavy atom. The molecule has 3 aliphatic heterocycles. The minimum absolute atomic E-state index is 0.250. The SMILES string of the molecule is CCOC(=O)C1=C2c3ccccc3C=CN2C2(C(=O)OCC)CC=C(C)C[P+]12C. The van der Waals surface area contributed by atoms with Gasteiger partial charge in [-0.2, -0.15) is 0 Å². The summed E-state index contributed by atoms with van der Waals surface area (Å²) >= 11 is 0. The number of allylic oxidation sites excluding steroid dienone is 1. The fourth-order valence-corrected chi connectivity index (χ4v) is 9.62. The van der Waals surface area contributed by atoms with E-state index in [0.29, 0.717) is 31.1 Å². The number of carbonyl (C=O) groups is 2. The van der Waals surface area contributed by atoms with Crippen LogP contribution in [-0.2, 0) is 19.1 Å². The molecule has 0 radical (unpaired) electrons. The number of hydrogen-bond donors (Lipinski definition) is 0. The third-order valence-corrected chi connectivity index (χ3v) is 10.9. The molecule has 0 fully saturated rings. The minimum atomic E-state index is -2.32. The number of ether oxygens (including phenoxy) is 2. The second kappa shape index (κ2) is 7.14. The van der Waals surface area contributed by atoms with Crippen LogP contribution in [-0.4, -0.2) is 48.2 Å². The predicted molar refractivity (Wildman–Crippen MR) is 116 cm³/mol. The molecule has 0 spiro atoms. The van der Waals surface area contributed by atoms with Gasteiger partial charge in [0, 0.05) is 18.2 Å². The summed E-state index contributed by atoms with van der Waals surface area (Å²) in [5.74, 6) is -0.560. The first-order chi connectivity index (χ1) is 13.9. The minimum Gasteiger partial charge on any atom is -0.461 e. The Kier molecular flexibility index (Phi) is 4.90. The second-order valence-electron chi connectivity index (χ2n) is 7.83. The van der Waals surface area contributed by atoms with Crippen molar-refractivity contribution >= 4 is 31.0 Å². The summed E-state index contributed by atoms with van der Waals surface area (Å²) in [7, 11) is -2.32. The number of hydrogen-bond acceptors (Lipinski definition) is 5. The van der Waals surface area contributed by atoms with Crippen LogP contribution in [0.1, 0.15) is 38.3 Å². The van der Waals surface area contributed by atoms with Crippen LogP contribution in [0.5, 0.6) is 0 Å². The molecule has 0 N–H and O–H groups in total. The van der Waals surface area contributed by atoms with Crippen molar-refractivity contribution in [3.63, 3.8) is 0 Å². The lowest BCUT2D eigenvalue weighted by Gasteiger charge is -2.43. The van der Waals surface area contributed by atoms with Crippen molar-refractivity contribution in [2.75, 3.05) is 26.0 Å². The summed E-state index contributed by atoms with van der Waals surface area (Å²) in [4.78, 5) is 28.9. The highest BCUT2D eigenvalue weighted by atomic mass is 31.2. The number of esters is 2. The maximum atomic E-state index is 13.5. The van der Waals surface area contributed by atoms with Gasteiger partial charge < -0.3 is 9.47 Å². The summed E-state index contributed by atoms with van der Waals surface area (Å²) in [5.41, 5.74) is 4.03. The largest absolute Gasteiger partial charge is 0.461 e. The Morgan fingerprint density at radius 1 is 1.17 bits per heavy atom. The van der Waals surface area contributed by atoms with Crippen molar-refractivity contribution in [3.8, 4) is 0 Å². The van der Waals surface area contributed by atoms with E-state index in [1.165, 1.54) is 5.57 Å². The molecule has 3 aliphatic rings. The van der Waals surface area contributed by atoms with Gasteiger partial charge in [0.2, 0.25) is 5.31 Å². The van der Waals surface area contributed by atoms with Crippen molar-refractivity contribution in [2.45, 2.75) is 32.5 Å². The summed E-state index contributed by atoms with van der Waals surface area (Å²) < 4.78 is 11.1. The Labute approximate surface area is 172 Å². The average Bonchev–Trinajstić information content (AvgIpc) is 2.93. The van der Waals surface area contributed by atoms with Gasteiger partial charge in [0.25, 0.3) is 5.28 Å². The van der Waals surface area contributed by atoms with E-state index in [4.69, 9.17) is 9.47 Å². The van der Waals surface area contributed by atoms with Crippen LogP contribution in [0.4, 0.5) is 0 Å². The maximum Gasteiger partial charge on any atom is 0.376 e. The standard InChI is InChI=1S/C23H27NO4P/c1-5-27-21(25)20-19-18-10-8-7-9-17(18)12-14-24(19)23(22(26)28-6-2)13-11-16(3)15-29(20,23)4/h7-12,14H,5-6,13,15H2,1-4H3/q+1. The van der Waals surface area contributed by atoms with Gasteiger partial charge in [0.05, 0.1) is 33.3 Å². The first-order valence-corrected chi connectivity index (χ1v) is 12.5. The van der Waals surface area contributed by atoms with Gasteiger partial charge in [-0.1, -0.05) is 30.3 Å². The molecule has 0 amide bonds. The lowest BCUT2D eigenvalue weighted by molar-refractivity contribution is -0.149. The van der Waals surface area contributed by atoms with E-state index in [2.05, 4.69) is 19.7 Å². The molecule has 4 rings (SSSR count). The van der Waals surface area contributed by atoms with Crippen molar-refractivity contribution in [3.05, 3.63) is 58.6 Å². The zero-order valence-electron chi connectivity index (χ0n) is 17.4. The van der Waals surface area contributed by atoms with E-state index < -0.39 is 12.5 Å². The molecule has 2 atom stereocenters. The molecule has 0 bridgehead atoms. The van der Waals surface area contributed by atoms with E-state index in [0.717, 1.165) is 16.8 Å². The van der Waals surface area contributed by atoms with Gasteiger partial charge in [-0.15, -0.1) is 0 Å². The highest BCUT2D eigenvalue weighted by Crippen LogP contribution is 2.82. The van der Waals surface area contributed by atoms with Gasteiger partial charge in [0.15, 0.2) is 0 Å². The smallest absolute Gasteiger partial charge is 0.376 e. The number of fused-ring (bicyclic) bond motifs is 5. The van der Waals surface area contributed by atoms with Crippen LogP contribution in [0.2, 0.25) is 0 Å². The molecule has 6 heteroatoms. The van der Waals surface area contributed by atoms with Crippen LogP contribution in [0.15, 0.2) is 47.4 Å². The molecule has 1 aromatic rings. The Bertz CT molecular complexity index is 979. The van der Waals surface area contributed by atoms with E-state index in [1.54, 1.807) is 0 Å². The van der Waals surface area contributed by atoms with Gasteiger partial charge in [-0.05, 0) is 38.0 Å². The third-order valence-electron chi connectivity index (χ3n) is 6.16. The monoisotopic (exact) mass is 412 g/mol. The van der Waals surface area contributed by atoms with Gasteiger partial charge >= 0.3 is 11.9 Å². The summed E-state index contributed by atoms with van der Waals surface area (Å²) in [5, 5.41) is -0.221. The van der Waals surface area contributed by atoms with Crippen molar-refractivity contribution in [1.29, 1.82) is 0 Å². The van der Waals surface area contributed by atoms with Crippen LogP contribution >= 0.6 is 7.26 Å². The fraction of sp³-hybridized carbons (Fsp3) is 0.391. The molecule has 5 nitrogen and oxygen atoms in total. The quantitative estimate of drug-likeness (QED) is 0.415. The molecule has 2 unspecified atom stereocenters. The topological polar surface area (TPSA) is 55.8 Å². The van der Waals surface area contributed by atoms with Crippen LogP contribution < -0.4 is 0 Å². The van der Waals surface area contributed by atoms with Crippen molar-refractivity contribution in [2.24, 2.45) is 0 Å². The zero-order valence-corrected chi connectivity index (χ0v) is 18.3. The third kappa shape index (κ3) is 2.63. The first kappa shape index (κ1) is 19.9. The molecule has 1 aromatic carbocycles. The molecule has 0 saturated heterocycles. The first-order valence-electron chi connectivity index (χ1n) is 10.1.